The van der Waals surface area contributed by atoms with E-state index in [4.69, 9.17) is 34.7 Å². The molecule has 23 heavy (non-hydrogen) atoms. The summed E-state index contributed by atoms with van der Waals surface area (Å²) in [5.41, 5.74) is 13.8. The van der Waals surface area contributed by atoms with Crippen LogP contribution in [-0.4, -0.2) is 27.0 Å². The van der Waals surface area contributed by atoms with Gasteiger partial charge in [-0.3, -0.25) is 0 Å². The average molecular weight is 350 g/mol. The molecule has 7 nitrogen and oxygen atoms in total. The molecule has 0 unspecified atom stereocenters. The molecule has 2 heterocycles. The van der Waals surface area contributed by atoms with Crippen molar-refractivity contribution in [2.24, 2.45) is 0 Å². The number of halogens is 2. The molecule has 0 aliphatic carbocycles. The van der Waals surface area contributed by atoms with Gasteiger partial charge in [-0.25, -0.2) is 9.97 Å². The Morgan fingerprint density at radius 2 is 1.87 bits per heavy atom. The van der Waals surface area contributed by atoms with Crippen LogP contribution in [0.1, 0.15) is 5.69 Å². The molecule has 2 aromatic heterocycles. The van der Waals surface area contributed by atoms with Crippen LogP contribution < -0.4 is 16.4 Å². The van der Waals surface area contributed by atoms with E-state index in [-0.39, 0.29) is 11.8 Å². The van der Waals surface area contributed by atoms with Gasteiger partial charge in [0, 0.05) is 12.7 Å². The van der Waals surface area contributed by atoms with Crippen molar-refractivity contribution in [3.8, 4) is 0 Å². The van der Waals surface area contributed by atoms with E-state index in [1.54, 1.807) is 18.3 Å². The van der Waals surface area contributed by atoms with E-state index in [2.05, 4.69) is 19.9 Å². The molecule has 0 atom stereocenters. The van der Waals surface area contributed by atoms with Crippen LogP contribution in [0.25, 0.3) is 11.2 Å². The minimum Gasteiger partial charge on any atom is -0.382 e. The maximum atomic E-state index is 6.04. The lowest BCUT2D eigenvalue weighted by Gasteiger charge is -2.19. The Kier molecular flexibility index (Phi) is 4.06. The second kappa shape index (κ2) is 6.02. The van der Waals surface area contributed by atoms with Crippen molar-refractivity contribution >= 4 is 51.8 Å². The van der Waals surface area contributed by atoms with Gasteiger partial charge in [0.05, 0.1) is 28.5 Å². The molecule has 3 aromatic rings. The van der Waals surface area contributed by atoms with Crippen LogP contribution in [0, 0.1) is 0 Å². The smallest absolute Gasteiger partial charge is 0.224 e. The van der Waals surface area contributed by atoms with E-state index in [1.807, 2.05) is 18.0 Å². The van der Waals surface area contributed by atoms with Crippen molar-refractivity contribution in [1.82, 2.24) is 19.9 Å². The van der Waals surface area contributed by atoms with Crippen molar-refractivity contribution in [3.63, 3.8) is 0 Å². The van der Waals surface area contributed by atoms with Gasteiger partial charge in [0.15, 0.2) is 17.0 Å². The van der Waals surface area contributed by atoms with Gasteiger partial charge in [0.25, 0.3) is 0 Å². The molecule has 1 aromatic carbocycles. The normalized spacial score (nSPS) is 10.9. The number of nitrogen functional groups attached to an aromatic ring is 2. The van der Waals surface area contributed by atoms with Crippen LogP contribution in [0.4, 0.5) is 17.5 Å². The van der Waals surface area contributed by atoms with Gasteiger partial charge >= 0.3 is 0 Å². The molecule has 0 amide bonds. The highest BCUT2D eigenvalue weighted by Crippen LogP contribution is 2.27. The van der Waals surface area contributed by atoms with E-state index in [9.17, 15) is 0 Å². The van der Waals surface area contributed by atoms with Crippen LogP contribution in [0.3, 0.4) is 0 Å². The minimum atomic E-state index is 0.0741. The third-order valence-electron chi connectivity index (χ3n) is 3.24. The summed E-state index contributed by atoms with van der Waals surface area (Å²) in [6.45, 7) is 0.505. The molecule has 0 aliphatic rings. The number of benzene rings is 1. The third kappa shape index (κ3) is 3.20. The molecule has 0 aliphatic heterocycles. The minimum absolute atomic E-state index is 0.0741. The average Bonchev–Trinajstić information content (AvgIpc) is 2.50. The van der Waals surface area contributed by atoms with Gasteiger partial charge in [0.2, 0.25) is 5.95 Å². The summed E-state index contributed by atoms with van der Waals surface area (Å²) in [6.07, 6.45) is 1.63. The Labute approximate surface area is 142 Å². The number of nitrogens with zero attached hydrogens (tertiary/aromatic N) is 5. The highest BCUT2D eigenvalue weighted by molar-refractivity contribution is 6.42. The summed E-state index contributed by atoms with van der Waals surface area (Å²) in [5.74, 6) is 0.281. The maximum Gasteiger partial charge on any atom is 0.224 e. The Morgan fingerprint density at radius 1 is 1.09 bits per heavy atom. The molecule has 0 bridgehead atoms. The van der Waals surface area contributed by atoms with Crippen LogP contribution in [-0.2, 0) is 6.54 Å². The van der Waals surface area contributed by atoms with E-state index in [0.717, 1.165) is 5.69 Å². The molecule has 118 valence electrons. The van der Waals surface area contributed by atoms with Crippen LogP contribution in [0.15, 0.2) is 24.4 Å². The quantitative estimate of drug-likeness (QED) is 0.747. The molecule has 4 N–H and O–H groups in total. The summed E-state index contributed by atoms with van der Waals surface area (Å²) in [6, 6.07) is 5.41. The van der Waals surface area contributed by atoms with E-state index in [0.29, 0.717) is 33.4 Å². The zero-order valence-corrected chi connectivity index (χ0v) is 13.7. The predicted molar refractivity (Wildman–Crippen MR) is 92.5 cm³/mol. The van der Waals surface area contributed by atoms with Gasteiger partial charge < -0.3 is 16.4 Å². The van der Waals surface area contributed by atoms with Gasteiger partial charge in [0.1, 0.15) is 0 Å². The fraction of sp³-hybridized carbons (Fsp3) is 0.143. The molecule has 0 radical (unpaired) electrons. The fourth-order valence-corrected chi connectivity index (χ4v) is 2.41. The summed E-state index contributed by atoms with van der Waals surface area (Å²) < 4.78 is 0. The largest absolute Gasteiger partial charge is 0.382 e. The highest BCUT2D eigenvalue weighted by atomic mass is 35.5. The van der Waals surface area contributed by atoms with Gasteiger partial charge in [-0.15, -0.1) is 0 Å². The van der Waals surface area contributed by atoms with Crippen LogP contribution in [0.2, 0.25) is 10.0 Å². The Hall–Kier alpha value is -2.38. The zero-order chi connectivity index (χ0) is 16.6. The second-order valence-corrected chi connectivity index (χ2v) is 5.77. The Balaban J connectivity index is 1.90. The highest BCUT2D eigenvalue weighted by Gasteiger charge is 2.10. The Bertz CT molecular complexity index is 884. The lowest BCUT2D eigenvalue weighted by Crippen LogP contribution is -2.17. The van der Waals surface area contributed by atoms with Crippen molar-refractivity contribution in [1.29, 1.82) is 0 Å². The summed E-state index contributed by atoms with van der Waals surface area (Å²) >= 11 is 12.0. The first kappa shape index (κ1) is 15.5. The number of anilines is 3. The molecular formula is C14H13Cl2N7. The first-order valence-corrected chi connectivity index (χ1v) is 7.40. The van der Waals surface area contributed by atoms with E-state index in [1.165, 1.54) is 0 Å². The number of nitrogens with two attached hydrogens (primary N) is 2. The van der Waals surface area contributed by atoms with E-state index < -0.39 is 0 Å². The molecular weight excluding hydrogens is 337 g/mol. The predicted octanol–water partition coefficient (Wildman–Crippen LogP) is 2.53. The fourth-order valence-electron chi connectivity index (χ4n) is 2.12. The molecule has 0 fully saturated rings. The monoisotopic (exact) mass is 349 g/mol. The molecule has 0 saturated carbocycles. The van der Waals surface area contributed by atoms with Crippen molar-refractivity contribution in [3.05, 3.63) is 40.1 Å². The maximum absolute atomic E-state index is 6.04. The topological polar surface area (TPSA) is 107 Å². The zero-order valence-electron chi connectivity index (χ0n) is 12.2. The number of hydrogen-bond acceptors (Lipinski definition) is 7. The van der Waals surface area contributed by atoms with Crippen LogP contribution in [0.5, 0.6) is 0 Å². The lowest BCUT2D eigenvalue weighted by molar-refractivity contribution is 0.882. The second-order valence-electron chi connectivity index (χ2n) is 4.96. The van der Waals surface area contributed by atoms with Crippen molar-refractivity contribution in [2.45, 2.75) is 6.54 Å². The number of rotatable bonds is 3. The Morgan fingerprint density at radius 3 is 2.61 bits per heavy atom. The summed E-state index contributed by atoms with van der Waals surface area (Å²) in [7, 11) is 1.91. The van der Waals surface area contributed by atoms with E-state index >= 15 is 0 Å². The van der Waals surface area contributed by atoms with Crippen molar-refractivity contribution < 1.29 is 0 Å². The standard InChI is InChI=1S/C14H13Cl2N7/c1-23(8-2-3-9(15)10(16)4-8)6-7-5-19-13-11(20-7)12(17)21-14(18)22-13/h2-5H,6H2,1H3,(H4,17,18,19,21,22). The summed E-state index contributed by atoms with van der Waals surface area (Å²) in [4.78, 5) is 18.6. The number of aromatic nitrogens is 4. The molecule has 9 heteroatoms. The van der Waals surface area contributed by atoms with Gasteiger partial charge in [-0.05, 0) is 18.2 Å². The number of fused-ring (bicyclic) bond motifs is 1. The van der Waals surface area contributed by atoms with Gasteiger partial charge in [-0.1, -0.05) is 23.2 Å². The lowest BCUT2D eigenvalue weighted by atomic mass is 10.3. The van der Waals surface area contributed by atoms with Crippen LogP contribution >= 0.6 is 23.2 Å². The molecule has 0 spiro atoms. The first-order chi connectivity index (χ1) is 10.9. The number of hydrogen-bond donors (Lipinski definition) is 2. The molecule has 0 saturated heterocycles. The first-order valence-electron chi connectivity index (χ1n) is 6.65. The SMILES string of the molecule is CN(Cc1cnc2nc(N)nc(N)c2n1)c1ccc(Cl)c(Cl)c1. The third-order valence-corrected chi connectivity index (χ3v) is 3.98. The van der Waals surface area contributed by atoms with Crippen molar-refractivity contribution in [2.75, 3.05) is 23.4 Å². The van der Waals surface area contributed by atoms with Gasteiger partial charge in [-0.2, -0.15) is 9.97 Å². The summed E-state index contributed by atoms with van der Waals surface area (Å²) in [5, 5.41) is 1.01. The molecule has 3 rings (SSSR count).